The van der Waals surface area contributed by atoms with Crippen LogP contribution in [0, 0.1) is 5.82 Å². The summed E-state index contributed by atoms with van der Waals surface area (Å²) in [6.07, 6.45) is -4.65. The van der Waals surface area contributed by atoms with Gasteiger partial charge in [0.05, 0.1) is 12.2 Å². The maximum atomic E-state index is 13.4. The van der Waals surface area contributed by atoms with Crippen LogP contribution in [0.3, 0.4) is 0 Å². The quantitative estimate of drug-likeness (QED) is 0.860. The highest BCUT2D eigenvalue weighted by molar-refractivity contribution is 5.33. The molecule has 1 fully saturated rings. The van der Waals surface area contributed by atoms with E-state index in [1.807, 2.05) is 0 Å². The first-order valence-corrected chi connectivity index (χ1v) is 6.81. The van der Waals surface area contributed by atoms with Crippen molar-refractivity contribution < 1.29 is 22.0 Å². The van der Waals surface area contributed by atoms with Crippen LogP contribution < -0.4 is 5.32 Å². The van der Waals surface area contributed by atoms with Gasteiger partial charge in [-0.05, 0) is 30.2 Å². The Bertz CT molecular complexity index is 469. The number of benzene rings is 1. The molecule has 1 aromatic carbocycles. The van der Waals surface area contributed by atoms with Crippen molar-refractivity contribution in [3.8, 4) is 0 Å². The van der Waals surface area contributed by atoms with E-state index in [-0.39, 0.29) is 12.0 Å². The number of rotatable bonds is 4. The monoisotopic (exact) mass is 308 g/mol. The zero-order valence-corrected chi connectivity index (χ0v) is 11.4. The number of piperazine rings is 1. The van der Waals surface area contributed by atoms with Crippen molar-refractivity contribution >= 4 is 0 Å². The van der Waals surface area contributed by atoms with Gasteiger partial charge in [-0.15, -0.1) is 0 Å². The highest BCUT2D eigenvalue weighted by Crippen LogP contribution is 2.38. The maximum Gasteiger partial charge on any atom is 0.416 e. The molecule has 0 aliphatic carbocycles. The second-order valence-electron chi connectivity index (χ2n) is 5.01. The van der Waals surface area contributed by atoms with Crippen molar-refractivity contribution in [2.45, 2.75) is 18.6 Å². The highest BCUT2D eigenvalue weighted by Gasteiger charge is 2.37. The first-order valence-electron chi connectivity index (χ1n) is 6.81. The Morgan fingerprint density at radius 3 is 2.43 bits per heavy atom. The summed E-state index contributed by atoms with van der Waals surface area (Å²) in [6.45, 7) is 1.53. The average molecular weight is 308 g/mol. The smallest absolute Gasteiger partial charge is 0.314 e. The van der Waals surface area contributed by atoms with Crippen LogP contribution in [0.15, 0.2) is 18.2 Å². The molecule has 1 heterocycles. The Morgan fingerprint density at radius 1 is 1.19 bits per heavy atom. The molecule has 1 N–H and O–H groups in total. The lowest BCUT2D eigenvalue weighted by atomic mass is 9.95. The van der Waals surface area contributed by atoms with E-state index < -0.39 is 30.3 Å². The molecule has 1 saturated heterocycles. The third-order valence-corrected chi connectivity index (χ3v) is 3.65. The van der Waals surface area contributed by atoms with Crippen LogP contribution in [0.4, 0.5) is 22.0 Å². The van der Waals surface area contributed by atoms with Crippen molar-refractivity contribution in [3.63, 3.8) is 0 Å². The fourth-order valence-electron chi connectivity index (χ4n) is 2.70. The molecule has 1 aliphatic rings. The van der Waals surface area contributed by atoms with Gasteiger partial charge in [-0.1, -0.05) is 0 Å². The molecular formula is C14H17F5N2. The molecule has 2 nitrogen and oxygen atoms in total. The Labute approximate surface area is 119 Å². The Balaban J connectivity index is 2.40. The third-order valence-electron chi connectivity index (χ3n) is 3.65. The summed E-state index contributed by atoms with van der Waals surface area (Å²) in [7, 11) is 0. The fraction of sp³-hybridized carbons (Fsp3) is 0.571. The van der Waals surface area contributed by atoms with Gasteiger partial charge < -0.3 is 5.32 Å². The normalized spacial score (nSPS) is 18.7. The molecule has 0 amide bonds. The van der Waals surface area contributed by atoms with E-state index in [0.29, 0.717) is 26.2 Å². The summed E-state index contributed by atoms with van der Waals surface area (Å²) >= 11 is 0. The molecule has 0 bridgehead atoms. The van der Waals surface area contributed by atoms with Crippen LogP contribution in [0.1, 0.15) is 23.6 Å². The van der Waals surface area contributed by atoms with E-state index in [9.17, 15) is 22.0 Å². The number of nitrogens with zero attached hydrogens (tertiary/aromatic N) is 1. The topological polar surface area (TPSA) is 15.3 Å². The van der Waals surface area contributed by atoms with Crippen LogP contribution in [-0.2, 0) is 6.18 Å². The first-order chi connectivity index (χ1) is 9.93. The zero-order valence-electron chi connectivity index (χ0n) is 11.4. The lowest BCUT2D eigenvalue weighted by Crippen LogP contribution is -2.45. The first kappa shape index (κ1) is 16.2. The van der Waals surface area contributed by atoms with Crippen LogP contribution in [0.2, 0.25) is 0 Å². The largest absolute Gasteiger partial charge is 0.416 e. The van der Waals surface area contributed by atoms with Crippen molar-refractivity contribution in [1.82, 2.24) is 10.2 Å². The number of nitrogens with one attached hydrogen (secondary N) is 1. The van der Waals surface area contributed by atoms with Crippen molar-refractivity contribution in [1.29, 1.82) is 0 Å². The lowest BCUT2D eigenvalue weighted by Gasteiger charge is -2.36. The molecule has 1 atom stereocenters. The molecule has 118 valence electrons. The second-order valence-corrected chi connectivity index (χ2v) is 5.01. The molecule has 0 saturated carbocycles. The molecule has 7 heteroatoms. The van der Waals surface area contributed by atoms with Crippen LogP contribution >= 0.6 is 0 Å². The third kappa shape index (κ3) is 3.91. The molecule has 1 aromatic rings. The summed E-state index contributed by atoms with van der Waals surface area (Å²) in [6, 6.07) is 1.64. The standard InChI is InChI=1S/C14H17F5N2/c15-4-3-13(21-7-5-20-6-8-21)11-9-10(16)1-2-12(11)14(17,18)19/h1-2,9,13,20H,3-8H2/t13-/m0/s1. The van der Waals surface area contributed by atoms with E-state index in [4.69, 9.17) is 0 Å². The van der Waals surface area contributed by atoms with Crippen molar-refractivity contribution in [2.24, 2.45) is 0 Å². The van der Waals surface area contributed by atoms with Crippen molar-refractivity contribution in [2.75, 3.05) is 32.9 Å². The van der Waals surface area contributed by atoms with Gasteiger partial charge in [0.1, 0.15) is 5.82 Å². The molecule has 21 heavy (non-hydrogen) atoms. The molecule has 0 aromatic heterocycles. The summed E-state index contributed by atoms with van der Waals surface area (Å²) in [5, 5.41) is 3.09. The highest BCUT2D eigenvalue weighted by atomic mass is 19.4. The lowest BCUT2D eigenvalue weighted by molar-refractivity contribution is -0.138. The van der Waals surface area contributed by atoms with Gasteiger partial charge in [0, 0.05) is 32.2 Å². The van der Waals surface area contributed by atoms with E-state index in [0.717, 1.165) is 18.2 Å². The number of hydrogen-bond acceptors (Lipinski definition) is 2. The van der Waals surface area contributed by atoms with E-state index in [1.165, 1.54) is 0 Å². The number of halogens is 5. The molecule has 2 rings (SSSR count). The molecule has 1 aliphatic heterocycles. The van der Waals surface area contributed by atoms with Gasteiger partial charge in [-0.3, -0.25) is 9.29 Å². The summed E-state index contributed by atoms with van der Waals surface area (Å²) in [5.74, 6) is -0.739. The summed E-state index contributed by atoms with van der Waals surface area (Å²) in [5.41, 5.74) is -1.07. The molecule has 0 radical (unpaired) electrons. The maximum absolute atomic E-state index is 13.4. The van der Waals surface area contributed by atoms with Gasteiger partial charge in [0.2, 0.25) is 0 Å². The Hall–Kier alpha value is -1.21. The minimum atomic E-state index is -4.58. The predicted molar refractivity (Wildman–Crippen MR) is 69.2 cm³/mol. The van der Waals surface area contributed by atoms with E-state index in [1.54, 1.807) is 4.90 Å². The van der Waals surface area contributed by atoms with Gasteiger partial charge in [-0.25, -0.2) is 4.39 Å². The van der Waals surface area contributed by atoms with Crippen LogP contribution in [-0.4, -0.2) is 37.8 Å². The Morgan fingerprint density at radius 2 is 1.86 bits per heavy atom. The minimum absolute atomic E-state index is 0.0769. The van der Waals surface area contributed by atoms with E-state index >= 15 is 0 Å². The number of hydrogen-bond donors (Lipinski definition) is 1. The Kier molecular flexibility index (Phi) is 5.16. The average Bonchev–Trinajstić information content (AvgIpc) is 2.44. The van der Waals surface area contributed by atoms with Crippen molar-refractivity contribution in [3.05, 3.63) is 35.1 Å². The predicted octanol–water partition coefficient (Wildman–Crippen LogP) is 3.15. The van der Waals surface area contributed by atoms with Gasteiger partial charge in [-0.2, -0.15) is 13.2 Å². The molecule has 0 unspecified atom stereocenters. The second kappa shape index (κ2) is 6.70. The van der Waals surface area contributed by atoms with Gasteiger partial charge in [0.25, 0.3) is 0 Å². The number of alkyl halides is 4. The minimum Gasteiger partial charge on any atom is -0.314 e. The van der Waals surface area contributed by atoms with Gasteiger partial charge >= 0.3 is 6.18 Å². The van der Waals surface area contributed by atoms with Crippen LogP contribution in [0.25, 0.3) is 0 Å². The van der Waals surface area contributed by atoms with Gasteiger partial charge in [0.15, 0.2) is 0 Å². The fourth-order valence-corrected chi connectivity index (χ4v) is 2.70. The van der Waals surface area contributed by atoms with Crippen LogP contribution in [0.5, 0.6) is 0 Å². The summed E-state index contributed by atoms with van der Waals surface area (Å²) in [4.78, 5) is 1.78. The van der Waals surface area contributed by atoms with E-state index in [2.05, 4.69) is 5.32 Å². The SMILES string of the molecule is FCC[C@@H](c1cc(F)ccc1C(F)(F)F)N1CCNCC1. The molecule has 0 spiro atoms. The zero-order chi connectivity index (χ0) is 15.5. The summed E-state index contributed by atoms with van der Waals surface area (Å²) < 4.78 is 65.5. The molecular weight excluding hydrogens is 291 g/mol.